The van der Waals surface area contributed by atoms with Gasteiger partial charge in [-0.3, -0.25) is 9.59 Å². The zero-order valence-corrected chi connectivity index (χ0v) is 38.0. The molecule has 2 fully saturated rings. The van der Waals surface area contributed by atoms with Crippen LogP contribution in [-0.4, -0.2) is 37.3 Å². The molecular weight excluding hydrogens is 934 g/mol. The summed E-state index contributed by atoms with van der Waals surface area (Å²) in [6, 6.07) is 23.2. The molecule has 0 radical (unpaired) electrons. The molecule has 2 aliphatic carbocycles. The minimum Gasteiger partial charge on any atom is -0.466 e. The van der Waals surface area contributed by atoms with Gasteiger partial charge in [0.25, 0.3) is 0 Å². The summed E-state index contributed by atoms with van der Waals surface area (Å²) in [5.74, 6) is -2.11. The SMILES string of the molecule is O=C(Cl)C1CCCCC1.[2H]C(Nc1cccc(/C=C/C(=O)OC)c1)c1ccc(Br)cc1F.[2H]C(c1ccc(Br)cc1F)N(C(=O)C1CCCCC1)c1cccc(/C=C/C(=O)OC)c1. The average Bonchev–Trinajstić information content (AvgIpc) is 3.28. The molecule has 4 aromatic carbocycles. The zero-order valence-electron chi connectivity index (χ0n) is 36.1. The van der Waals surface area contributed by atoms with E-state index in [1.807, 2.05) is 6.07 Å². The molecule has 2 aliphatic rings. The van der Waals surface area contributed by atoms with Gasteiger partial charge in [-0.1, -0.05) is 107 Å². The van der Waals surface area contributed by atoms with Crippen molar-refractivity contribution in [1.82, 2.24) is 0 Å². The number of ether oxygens (including phenoxy) is 2. The predicted octanol–water partition coefficient (Wildman–Crippen LogP) is 12.6. The van der Waals surface area contributed by atoms with Gasteiger partial charge in [-0.2, -0.15) is 0 Å². The van der Waals surface area contributed by atoms with Crippen molar-refractivity contribution in [2.45, 2.75) is 77.2 Å². The molecule has 0 spiro atoms. The van der Waals surface area contributed by atoms with E-state index in [9.17, 15) is 28.0 Å². The number of methoxy groups -OCH3 is 2. The van der Waals surface area contributed by atoms with Crippen molar-refractivity contribution in [2.24, 2.45) is 11.8 Å². The Balaban J connectivity index is 0.000000237. The molecule has 1 N–H and O–H groups in total. The van der Waals surface area contributed by atoms with E-state index in [1.165, 1.54) is 68.7 Å². The quantitative estimate of drug-likeness (QED) is 0.0857. The maximum absolute atomic E-state index is 14.7. The van der Waals surface area contributed by atoms with E-state index in [-0.39, 0.29) is 34.1 Å². The number of carbonyl (C=O) groups excluding carboxylic acids is 4. The summed E-state index contributed by atoms with van der Waals surface area (Å²) in [5.41, 5.74) is 2.97. The van der Waals surface area contributed by atoms with Crippen LogP contribution in [0.25, 0.3) is 12.2 Å². The first kappa shape index (κ1) is 45.9. The third kappa shape index (κ3) is 17.0. The van der Waals surface area contributed by atoms with Gasteiger partial charge in [-0.15, -0.1) is 0 Å². The lowest BCUT2D eigenvalue weighted by Gasteiger charge is -2.30. The summed E-state index contributed by atoms with van der Waals surface area (Å²) in [4.78, 5) is 48.0. The molecule has 13 heteroatoms. The van der Waals surface area contributed by atoms with Crippen molar-refractivity contribution >= 4 is 90.1 Å². The van der Waals surface area contributed by atoms with E-state index in [4.69, 9.17) is 14.3 Å². The van der Waals surface area contributed by atoms with Gasteiger partial charge in [0.2, 0.25) is 11.1 Å². The number of hydrogen-bond donors (Lipinski definition) is 1. The number of esters is 2. The van der Waals surface area contributed by atoms with E-state index < -0.39 is 36.6 Å². The van der Waals surface area contributed by atoms with Gasteiger partial charge in [-0.05, 0) is 109 Å². The van der Waals surface area contributed by atoms with Crippen molar-refractivity contribution in [3.8, 4) is 0 Å². The van der Waals surface area contributed by atoms with E-state index >= 15 is 0 Å². The number of rotatable bonds is 12. The van der Waals surface area contributed by atoms with Gasteiger partial charge in [0.1, 0.15) is 11.6 Å². The van der Waals surface area contributed by atoms with Gasteiger partial charge >= 0.3 is 11.9 Å². The van der Waals surface area contributed by atoms with Gasteiger partial charge in [0.15, 0.2) is 0 Å². The molecule has 0 heterocycles. The predicted molar refractivity (Wildman–Crippen MR) is 246 cm³/mol. The second kappa shape index (κ2) is 26.0. The van der Waals surface area contributed by atoms with Crippen molar-refractivity contribution in [3.05, 3.63) is 140 Å². The highest BCUT2D eigenvalue weighted by molar-refractivity contribution is 9.10. The maximum atomic E-state index is 14.7. The molecule has 2 atom stereocenters. The Morgan fingerprint density at radius 3 is 1.74 bits per heavy atom. The lowest BCUT2D eigenvalue weighted by molar-refractivity contribution is -0.135. The zero-order chi connectivity index (χ0) is 45.9. The molecule has 0 saturated heterocycles. The van der Waals surface area contributed by atoms with Crippen molar-refractivity contribution in [3.63, 3.8) is 0 Å². The second-order valence-corrected chi connectivity index (χ2v) is 16.6. The number of amides is 1. The van der Waals surface area contributed by atoms with Crippen molar-refractivity contribution in [2.75, 3.05) is 24.4 Å². The van der Waals surface area contributed by atoms with Crippen LogP contribution in [0.2, 0.25) is 0 Å². The number of anilines is 2. The molecule has 2 unspecified atom stereocenters. The fourth-order valence-electron chi connectivity index (χ4n) is 6.64. The van der Waals surface area contributed by atoms with Gasteiger partial charge < -0.3 is 19.7 Å². The Kier molecular flexibility index (Phi) is 19.5. The molecule has 0 aromatic heterocycles. The minimum absolute atomic E-state index is 0.128. The lowest BCUT2D eigenvalue weighted by Crippen LogP contribution is -2.37. The highest BCUT2D eigenvalue weighted by Crippen LogP contribution is 2.30. The molecule has 4 aromatic rings. The highest BCUT2D eigenvalue weighted by Gasteiger charge is 2.28. The largest absolute Gasteiger partial charge is 0.466 e. The minimum atomic E-state index is -1.23. The lowest BCUT2D eigenvalue weighted by atomic mass is 9.88. The fraction of sp³-hybridized carbons (Fsp3) is 0.333. The van der Waals surface area contributed by atoms with Gasteiger partial charge in [0, 0.05) is 62.0 Å². The number of nitrogens with one attached hydrogen (secondary N) is 1. The van der Waals surface area contributed by atoms with Crippen LogP contribution in [-0.2, 0) is 41.7 Å². The highest BCUT2D eigenvalue weighted by atomic mass is 79.9. The van der Waals surface area contributed by atoms with Crippen LogP contribution in [0.3, 0.4) is 0 Å². The molecular formula is C48H51Br2ClF2N2O6. The Hall–Kier alpha value is -4.65. The van der Waals surface area contributed by atoms with Crippen LogP contribution >= 0.6 is 43.5 Å². The monoisotopic (exact) mass is 984 g/mol. The molecule has 1 amide bonds. The summed E-state index contributed by atoms with van der Waals surface area (Å²) in [6.45, 7) is -2.18. The van der Waals surface area contributed by atoms with E-state index in [0.29, 0.717) is 25.9 Å². The Labute approximate surface area is 381 Å². The molecule has 0 aliphatic heterocycles. The van der Waals surface area contributed by atoms with Crippen LogP contribution in [0.5, 0.6) is 0 Å². The normalized spacial score (nSPS) is 15.8. The maximum Gasteiger partial charge on any atom is 0.330 e. The summed E-state index contributed by atoms with van der Waals surface area (Å²) < 4.78 is 55.8. The second-order valence-electron chi connectivity index (χ2n) is 14.4. The standard InChI is InChI=1S/C24H25BrFNO3.C17H15BrFNO2.C7H11ClO/c1-30-23(28)13-10-17-6-5-9-21(14-17)27(24(29)18-7-3-2-4-8-18)16-19-11-12-20(25)15-22(19)26;1-22-17(21)8-5-12-3-2-4-15(9-12)20-11-13-6-7-14(18)10-16(13)19;8-7(9)6-4-2-1-3-5-6/h5-6,9-15,18H,2-4,7-8,16H2,1H3;2-10,20H,11H2,1H3;6H,1-5H2/b13-10+;8-5+;/i16D;11D;. The Bertz CT molecular complexity index is 2240. The Morgan fingerprint density at radius 2 is 1.23 bits per heavy atom. The smallest absolute Gasteiger partial charge is 0.330 e. The summed E-state index contributed by atoms with van der Waals surface area (Å²) >= 11 is 11.7. The number of halogens is 5. The number of benzene rings is 4. The third-order valence-electron chi connectivity index (χ3n) is 9.97. The number of nitrogens with zero attached hydrogens (tertiary/aromatic N) is 1. The van der Waals surface area contributed by atoms with Gasteiger partial charge in [0.05, 0.1) is 23.5 Å². The summed E-state index contributed by atoms with van der Waals surface area (Å²) in [5, 5.41) is 2.79. The molecule has 0 bridgehead atoms. The van der Waals surface area contributed by atoms with Crippen LogP contribution in [0.1, 0.15) is 89.2 Å². The van der Waals surface area contributed by atoms with Crippen molar-refractivity contribution in [1.29, 1.82) is 0 Å². The number of carbonyl (C=O) groups is 4. The van der Waals surface area contributed by atoms with Crippen LogP contribution < -0.4 is 10.2 Å². The van der Waals surface area contributed by atoms with Gasteiger partial charge in [-0.25, -0.2) is 18.4 Å². The average molecular weight is 987 g/mol. The topological polar surface area (TPSA) is 102 Å². The van der Waals surface area contributed by atoms with E-state index in [1.54, 1.807) is 72.8 Å². The van der Waals surface area contributed by atoms with E-state index in [0.717, 1.165) is 50.5 Å². The molecule has 8 nitrogen and oxygen atoms in total. The third-order valence-corrected chi connectivity index (χ3v) is 11.3. The van der Waals surface area contributed by atoms with E-state index in [2.05, 4.69) is 46.7 Å². The molecule has 2 saturated carbocycles. The molecule has 6 rings (SSSR count). The number of hydrogen-bond acceptors (Lipinski definition) is 7. The Morgan fingerprint density at radius 1 is 0.721 bits per heavy atom. The molecule has 324 valence electrons. The summed E-state index contributed by atoms with van der Waals surface area (Å²) in [7, 11) is 2.60. The first-order valence-corrected chi connectivity index (χ1v) is 21.9. The first-order valence-electron chi connectivity index (χ1n) is 21.1. The van der Waals surface area contributed by atoms with Crippen LogP contribution in [0, 0.1) is 23.5 Å². The van der Waals surface area contributed by atoms with Crippen LogP contribution in [0.15, 0.2) is 106 Å². The molecule has 61 heavy (non-hydrogen) atoms. The van der Waals surface area contributed by atoms with Crippen molar-refractivity contribution < 1.29 is 40.2 Å². The first-order chi connectivity index (χ1) is 30.2. The van der Waals surface area contributed by atoms with Crippen LogP contribution in [0.4, 0.5) is 20.2 Å². The summed E-state index contributed by atoms with van der Waals surface area (Å²) in [6.07, 6.45) is 16.1. The fourth-order valence-corrected chi connectivity index (χ4v) is 7.53.